The number of methoxy groups -OCH3 is 1. The molecular formula is C17H16ClNO4S. The Labute approximate surface area is 148 Å². The van der Waals surface area contributed by atoms with Crippen LogP contribution in [0.15, 0.2) is 36.4 Å². The molecule has 5 nitrogen and oxygen atoms in total. The smallest absolute Gasteiger partial charge is 0.244 e. The van der Waals surface area contributed by atoms with E-state index in [1.807, 2.05) is 30.3 Å². The van der Waals surface area contributed by atoms with Crippen molar-refractivity contribution in [2.75, 3.05) is 20.4 Å². The van der Waals surface area contributed by atoms with Crippen LogP contribution in [0.3, 0.4) is 0 Å². The predicted molar refractivity (Wildman–Crippen MR) is 93.7 cm³/mol. The second-order valence-electron chi connectivity index (χ2n) is 5.06. The second-order valence-corrected chi connectivity index (χ2v) is 6.80. The first-order valence-corrected chi connectivity index (χ1v) is 8.49. The zero-order valence-electron chi connectivity index (χ0n) is 13.0. The van der Waals surface area contributed by atoms with Crippen molar-refractivity contribution >= 4 is 34.9 Å². The lowest BCUT2D eigenvalue weighted by Crippen LogP contribution is -2.27. The van der Waals surface area contributed by atoms with Crippen LogP contribution in [-0.4, -0.2) is 26.4 Å². The van der Waals surface area contributed by atoms with Gasteiger partial charge in [0.15, 0.2) is 11.5 Å². The van der Waals surface area contributed by atoms with E-state index in [0.717, 1.165) is 10.4 Å². The monoisotopic (exact) mass is 365 g/mol. The first-order valence-electron chi connectivity index (χ1n) is 7.29. The van der Waals surface area contributed by atoms with Crippen molar-refractivity contribution in [1.82, 2.24) is 5.32 Å². The van der Waals surface area contributed by atoms with Crippen LogP contribution in [0.1, 0.15) is 16.5 Å². The molecule has 126 valence electrons. The van der Waals surface area contributed by atoms with Crippen LogP contribution in [0, 0.1) is 0 Å². The lowest BCUT2D eigenvalue weighted by Gasteiger charge is -2.13. The summed E-state index contributed by atoms with van der Waals surface area (Å²) >= 11 is 7.37. The molecule has 1 unspecified atom stereocenters. The van der Waals surface area contributed by atoms with Crippen LogP contribution >= 0.6 is 22.9 Å². The number of hydrogen-bond donors (Lipinski definition) is 1. The number of thiophene rings is 1. The summed E-state index contributed by atoms with van der Waals surface area (Å²) < 4.78 is 16.7. The zero-order valence-corrected chi connectivity index (χ0v) is 14.5. The Hall–Kier alpha value is -2.02. The van der Waals surface area contributed by atoms with Gasteiger partial charge in [-0.3, -0.25) is 4.79 Å². The fourth-order valence-corrected chi connectivity index (χ4v) is 3.38. The van der Waals surface area contributed by atoms with E-state index < -0.39 is 0 Å². The molecule has 0 spiro atoms. The number of carbonyl (C=O) groups excluding carboxylic acids is 1. The molecular weight excluding hydrogens is 350 g/mol. The Morgan fingerprint density at radius 3 is 2.96 bits per heavy atom. The van der Waals surface area contributed by atoms with Crippen molar-refractivity contribution in [3.8, 4) is 11.5 Å². The number of carbonyl (C=O) groups is 1. The van der Waals surface area contributed by atoms with Gasteiger partial charge < -0.3 is 19.5 Å². The van der Waals surface area contributed by atoms with E-state index in [4.69, 9.17) is 25.8 Å². The van der Waals surface area contributed by atoms with Crippen LogP contribution < -0.4 is 14.8 Å². The summed E-state index contributed by atoms with van der Waals surface area (Å²) in [6.45, 7) is 0.603. The number of rotatable bonds is 6. The molecule has 1 aromatic heterocycles. The molecule has 7 heteroatoms. The van der Waals surface area contributed by atoms with Gasteiger partial charge in [0.25, 0.3) is 0 Å². The van der Waals surface area contributed by atoms with E-state index in [1.165, 1.54) is 17.4 Å². The van der Waals surface area contributed by atoms with Gasteiger partial charge in [0.1, 0.15) is 6.10 Å². The highest BCUT2D eigenvalue weighted by Gasteiger charge is 2.14. The number of benzene rings is 1. The Kier molecular flexibility index (Phi) is 5.40. The fourth-order valence-electron chi connectivity index (χ4n) is 2.24. The molecule has 24 heavy (non-hydrogen) atoms. The first-order chi connectivity index (χ1) is 11.7. The van der Waals surface area contributed by atoms with E-state index >= 15 is 0 Å². The molecule has 0 aliphatic carbocycles. The molecule has 1 aliphatic rings. The molecule has 1 amide bonds. The summed E-state index contributed by atoms with van der Waals surface area (Å²) in [7, 11) is 1.60. The van der Waals surface area contributed by atoms with Gasteiger partial charge in [-0.25, -0.2) is 0 Å². The van der Waals surface area contributed by atoms with E-state index in [9.17, 15) is 4.79 Å². The average molecular weight is 366 g/mol. The van der Waals surface area contributed by atoms with Crippen molar-refractivity contribution in [2.24, 2.45) is 0 Å². The molecule has 1 aliphatic heterocycles. The predicted octanol–water partition coefficient (Wildman–Crippen LogP) is 3.65. The lowest BCUT2D eigenvalue weighted by atomic mass is 10.2. The Morgan fingerprint density at radius 2 is 2.21 bits per heavy atom. The number of fused-ring (bicyclic) bond motifs is 1. The topological polar surface area (TPSA) is 56.8 Å². The molecule has 0 bridgehead atoms. The van der Waals surface area contributed by atoms with Crippen LogP contribution in [-0.2, 0) is 9.53 Å². The molecule has 2 heterocycles. The largest absolute Gasteiger partial charge is 0.454 e. The number of amides is 1. The van der Waals surface area contributed by atoms with Crippen molar-refractivity contribution in [1.29, 1.82) is 0 Å². The zero-order chi connectivity index (χ0) is 16.9. The Bertz CT molecular complexity index is 759. The normalized spacial score (nSPS) is 14.1. The van der Waals surface area contributed by atoms with E-state index in [-0.39, 0.29) is 18.8 Å². The van der Waals surface area contributed by atoms with E-state index in [2.05, 4.69) is 5.32 Å². The molecule has 1 N–H and O–H groups in total. The summed E-state index contributed by atoms with van der Waals surface area (Å²) in [6, 6.07) is 9.23. The van der Waals surface area contributed by atoms with Crippen molar-refractivity contribution in [2.45, 2.75) is 6.10 Å². The third-order valence-corrected chi connectivity index (χ3v) is 4.80. The van der Waals surface area contributed by atoms with Gasteiger partial charge >= 0.3 is 0 Å². The molecule has 0 saturated heterocycles. The minimum Gasteiger partial charge on any atom is -0.454 e. The molecule has 0 fully saturated rings. The van der Waals surface area contributed by atoms with Crippen LogP contribution in [0.25, 0.3) is 6.08 Å². The SMILES string of the molecule is COC(CNC(=O)/C=C/c1ccc2c(c1)OCO2)c1ccc(Cl)s1. The molecule has 2 aromatic rings. The van der Waals surface area contributed by atoms with Gasteiger partial charge in [-0.05, 0) is 35.9 Å². The number of nitrogens with one attached hydrogen (secondary N) is 1. The quantitative estimate of drug-likeness (QED) is 0.794. The molecule has 0 radical (unpaired) electrons. The van der Waals surface area contributed by atoms with Crippen molar-refractivity contribution in [3.63, 3.8) is 0 Å². The maximum Gasteiger partial charge on any atom is 0.244 e. The summed E-state index contributed by atoms with van der Waals surface area (Å²) in [4.78, 5) is 12.9. The first kappa shape index (κ1) is 16.8. The summed E-state index contributed by atoms with van der Waals surface area (Å²) in [5.41, 5.74) is 0.864. The molecule has 1 atom stereocenters. The highest BCUT2D eigenvalue weighted by Crippen LogP contribution is 2.32. The van der Waals surface area contributed by atoms with Gasteiger partial charge in [-0.1, -0.05) is 17.7 Å². The lowest BCUT2D eigenvalue weighted by molar-refractivity contribution is -0.117. The molecule has 1 aromatic carbocycles. The number of halogens is 1. The summed E-state index contributed by atoms with van der Waals surface area (Å²) in [5, 5.41) is 2.82. The van der Waals surface area contributed by atoms with Crippen molar-refractivity contribution in [3.05, 3.63) is 51.2 Å². The van der Waals surface area contributed by atoms with E-state index in [0.29, 0.717) is 22.4 Å². The third-order valence-electron chi connectivity index (χ3n) is 3.48. The third kappa shape index (κ3) is 4.08. The Morgan fingerprint density at radius 1 is 1.38 bits per heavy atom. The van der Waals surface area contributed by atoms with Gasteiger partial charge in [0, 0.05) is 24.6 Å². The molecule has 3 rings (SSSR count). The minimum absolute atomic E-state index is 0.197. The number of hydrogen-bond acceptors (Lipinski definition) is 5. The van der Waals surface area contributed by atoms with E-state index in [1.54, 1.807) is 13.2 Å². The van der Waals surface area contributed by atoms with Crippen LogP contribution in [0.2, 0.25) is 4.34 Å². The van der Waals surface area contributed by atoms with Gasteiger partial charge in [0.05, 0.1) is 4.34 Å². The van der Waals surface area contributed by atoms with Gasteiger partial charge in [-0.2, -0.15) is 0 Å². The summed E-state index contributed by atoms with van der Waals surface area (Å²) in [5.74, 6) is 1.21. The maximum atomic E-state index is 12.0. The number of ether oxygens (including phenoxy) is 3. The van der Waals surface area contributed by atoms with Crippen LogP contribution in [0.5, 0.6) is 11.5 Å². The Balaban J connectivity index is 1.55. The summed E-state index contributed by atoms with van der Waals surface area (Å²) in [6.07, 6.45) is 2.98. The van der Waals surface area contributed by atoms with Crippen LogP contribution in [0.4, 0.5) is 0 Å². The second kappa shape index (κ2) is 7.70. The maximum absolute atomic E-state index is 12.0. The van der Waals surface area contributed by atoms with Crippen molar-refractivity contribution < 1.29 is 19.0 Å². The average Bonchev–Trinajstić information content (AvgIpc) is 3.22. The van der Waals surface area contributed by atoms with Gasteiger partial charge in [0.2, 0.25) is 12.7 Å². The highest BCUT2D eigenvalue weighted by atomic mass is 35.5. The highest BCUT2D eigenvalue weighted by molar-refractivity contribution is 7.16. The fraction of sp³-hybridized carbons (Fsp3) is 0.235. The molecule has 0 saturated carbocycles. The minimum atomic E-state index is -0.217. The van der Waals surface area contributed by atoms with Gasteiger partial charge in [-0.15, -0.1) is 11.3 Å². The standard InChI is InChI=1S/C17H16ClNO4S/c1-21-14(15-5-6-16(18)24-15)9-19-17(20)7-3-11-2-4-12-13(8-11)23-10-22-12/h2-8,14H,9-10H2,1H3,(H,19,20)/b7-3+.